The minimum atomic E-state index is -0.913. The standard InChI is InChI=1S/C17H18FN3O3S/c1-11(24-15-9-4-3-8-14(15)18)16(22)20-21-17(25)19-12-6-5-7-13(10-12)23-2/h3-11H,1-2H3,(H,20,22)(H2,19,21,25)/t11-/m1/s1. The van der Waals surface area contributed by atoms with Gasteiger partial charge in [0.25, 0.3) is 5.91 Å². The molecule has 2 aromatic carbocycles. The van der Waals surface area contributed by atoms with Crippen molar-refractivity contribution in [2.75, 3.05) is 12.4 Å². The second-order valence-electron chi connectivity index (χ2n) is 4.99. The number of carbonyl (C=O) groups is 1. The van der Waals surface area contributed by atoms with Crippen LogP contribution in [0, 0.1) is 5.82 Å². The summed E-state index contributed by atoms with van der Waals surface area (Å²) in [6.07, 6.45) is -0.913. The van der Waals surface area contributed by atoms with E-state index in [1.54, 1.807) is 37.4 Å². The Morgan fingerprint density at radius 2 is 1.92 bits per heavy atom. The number of hydrazine groups is 1. The predicted octanol–water partition coefficient (Wildman–Crippen LogP) is 2.62. The summed E-state index contributed by atoms with van der Waals surface area (Å²) in [5.74, 6) is -0.366. The SMILES string of the molecule is COc1cccc(NC(=S)NNC(=O)[C@@H](C)Oc2ccccc2F)c1. The summed E-state index contributed by atoms with van der Waals surface area (Å²) in [5, 5.41) is 3.07. The van der Waals surface area contributed by atoms with E-state index < -0.39 is 17.8 Å². The zero-order valence-electron chi connectivity index (χ0n) is 13.7. The summed E-state index contributed by atoms with van der Waals surface area (Å²) in [7, 11) is 1.56. The summed E-state index contributed by atoms with van der Waals surface area (Å²) in [4.78, 5) is 12.0. The first-order chi connectivity index (χ1) is 12.0. The van der Waals surface area contributed by atoms with E-state index in [2.05, 4.69) is 16.2 Å². The maximum Gasteiger partial charge on any atom is 0.279 e. The highest BCUT2D eigenvalue weighted by Crippen LogP contribution is 2.17. The van der Waals surface area contributed by atoms with Crippen molar-refractivity contribution in [3.05, 3.63) is 54.3 Å². The molecule has 0 unspecified atom stereocenters. The van der Waals surface area contributed by atoms with Gasteiger partial charge >= 0.3 is 0 Å². The van der Waals surface area contributed by atoms with E-state index in [9.17, 15) is 9.18 Å². The fourth-order valence-corrected chi connectivity index (χ4v) is 2.04. The molecule has 0 radical (unpaired) electrons. The van der Waals surface area contributed by atoms with Crippen LogP contribution in [0.1, 0.15) is 6.92 Å². The zero-order valence-corrected chi connectivity index (χ0v) is 14.5. The monoisotopic (exact) mass is 363 g/mol. The number of benzene rings is 2. The van der Waals surface area contributed by atoms with Gasteiger partial charge in [-0.3, -0.25) is 15.6 Å². The molecule has 0 bridgehead atoms. The van der Waals surface area contributed by atoms with Crippen molar-refractivity contribution >= 4 is 28.9 Å². The number of methoxy groups -OCH3 is 1. The van der Waals surface area contributed by atoms with E-state index in [-0.39, 0.29) is 10.9 Å². The third kappa shape index (κ3) is 5.61. The third-order valence-electron chi connectivity index (χ3n) is 3.14. The topological polar surface area (TPSA) is 71.6 Å². The second kappa shape index (κ2) is 8.84. The average Bonchev–Trinajstić information content (AvgIpc) is 2.61. The maximum atomic E-state index is 13.5. The van der Waals surface area contributed by atoms with Crippen LogP contribution in [0.25, 0.3) is 0 Å². The molecule has 0 saturated heterocycles. The first kappa shape index (κ1) is 18.5. The van der Waals surface area contributed by atoms with E-state index in [0.29, 0.717) is 11.4 Å². The van der Waals surface area contributed by atoms with Gasteiger partial charge in [-0.2, -0.15) is 0 Å². The molecule has 0 aliphatic rings. The highest BCUT2D eigenvalue weighted by molar-refractivity contribution is 7.80. The number of para-hydroxylation sites is 1. The highest BCUT2D eigenvalue weighted by atomic mass is 32.1. The van der Waals surface area contributed by atoms with Crippen LogP contribution in [0.5, 0.6) is 11.5 Å². The van der Waals surface area contributed by atoms with Gasteiger partial charge < -0.3 is 14.8 Å². The Kier molecular flexibility index (Phi) is 6.53. The molecule has 0 aliphatic carbocycles. The third-order valence-corrected chi connectivity index (χ3v) is 3.34. The summed E-state index contributed by atoms with van der Waals surface area (Å²) < 4.78 is 23.9. The minimum absolute atomic E-state index is 0.00207. The molecular weight excluding hydrogens is 345 g/mol. The van der Waals surface area contributed by atoms with Crippen LogP contribution >= 0.6 is 12.2 Å². The quantitative estimate of drug-likeness (QED) is 0.560. The van der Waals surface area contributed by atoms with Crippen molar-refractivity contribution in [2.24, 2.45) is 0 Å². The van der Waals surface area contributed by atoms with Crippen molar-refractivity contribution in [3.63, 3.8) is 0 Å². The fourth-order valence-electron chi connectivity index (χ4n) is 1.87. The van der Waals surface area contributed by atoms with Crippen LogP contribution in [0.4, 0.5) is 10.1 Å². The molecule has 0 aromatic heterocycles. The number of hydrogen-bond acceptors (Lipinski definition) is 4. The van der Waals surface area contributed by atoms with Crippen molar-refractivity contribution in [2.45, 2.75) is 13.0 Å². The number of carbonyl (C=O) groups excluding carboxylic acids is 1. The molecule has 0 aliphatic heterocycles. The zero-order chi connectivity index (χ0) is 18.2. The Morgan fingerprint density at radius 3 is 2.64 bits per heavy atom. The predicted molar refractivity (Wildman–Crippen MR) is 97.0 cm³/mol. The Hall–Kier alpha value is -2.87. The van der Waals surface area contributed by atoms with Crippen LogP contribution in [-0.4, -0.2) is 24.2 Å². The molecule has 0 fully saturated rings. The number of nitrogens with one attached hydrogen (secondary N) is 3. The Labute approximate surface area is 150 Å². The maximum absolute atomic E-state index is 13.5. The van der Waals surface area contributed by atoms with Crippen LogP contribution in [0.2, 0.25) is 0 Å². The molecule has 2 rings (SSSR count). The van der Waals surface area contributed by atoms with Gasteiger partial charge in [-0.15, -0.1) is 0 Å². The molecule has 0 heterocycles. The van der Waals surface area contributed by atoms with E-state index >= 15 is 0 Å². The van der Waals surface area contributed by atoms with Gasteiger partial charge in [0.05, 0.1) is 7.11 Å². The molecule has 1 atom stereocenters. The van der Waals surface area contributed by atoms with Gasteiger partial charge in [-0.1, -0.05) is 18.2 Å². The molecule has 2 aromatic rings. The number of ether oxygens (including phenoxy) is 2. The highest BCUT2D eigenvalue weighted by Gasteiger charge is 2.16. The van der Waals surface area contributed by atoms with Gasteiger partial charge in [0, 0.05) is 11.8 Å². The van der Waals surface area contributed by atoms with E-state index in [0.717, 1.165) is 0 Å². The number of rotatable bonds is 5. The van der Waals surface area contributed by atoms with Gasteiger partial charge in [-0.25, -0.2) is 4.39 Å². The smallest absolute Gasteiger partial charge is 0.279 e. The molecule has 0 spiro atoms. The molecule has 8 heteroatoms. The fraction of sp³-hybridized carbons (Fsp3) is 0.176. The van der Waals surface area contributed by atoms with E-state index in [4.69, 9.17) is 21.7 Å². The molecule has 6 nitrogen and oxygen atoms in total. The molecule has 25 heavy (non-hydrogen) atoms. The number of thiocarbonyl (C=S) groups is 1. The first-order valence-electron chi connectivity index (χ1n) is 7.41. The lowest BCUT2D eigenvalue weighted by Crippen LogP contribution is -2.48. The van der Waals surface area contributed by atoms with Crippen LogP contribution < -0.4 is 25.6 Å². The summed E-state index contributed by atoms with van der Waals surface area (Å²) in [6, 6.07) is 13.0. The largest absolute Gasteiger partial charge is 0.497 e. The Bertz CT molecular complexity index is 757. The van der Waals surface area contributed by atoms with Gasteiger partial charge in [0.15, 0.2) is 22.8 Å². The van der Waals surface area contributed by atoms with Gasteiger partial charge in [-0.05, 0) is 43.4 Å². The summed E-state index contributed by atoms with van der Waals surface area (Å²) >= 11 is 5.09. The normalized spacial score (nSPS) is 11.2. The van der Waals surface area contributed by atoms with Crippen LogP contribution in [0.3, 0.4) is 0 Å². The van der Waals surface area contributed by atoms with E-state index in [1.807, 2.05) is 0 Å². The van der Waals surface area contributed by atoms with Crippen molar-refractivity contribution in [3.8, 4) is 11.5 Å². The molecular formula is C17H18FN3O3S. The summed E-state index contributed by atoms with van der Waals surface area (Å²) in [5.41, 5.74) is 5.65. The number of amides is 1. The lowest BCUT2D eigenvalue weighted by Gasteiger charge is -2.17. The van der Waals surface area contributed by atoms with Gasteiger partial charge in [0.1, 0.15) is 5.75 Å². The molecule has 1 amide bonds. The second-order valence-corrected chi connectivity index (χ2v) is 5.40. The van der Waals surface area contributed by atoms with Crippen LogP contribution in [-0.2, 0) is 4.79 Å². The van der Waals surface area contributed by atoms with Crippen molar-refractivity contribution in [1.29, 1.82) is 0 Å². The number of hydrogen-bond donors (Lipinski definition) is 3. The molecule has 132 valence electrons. The van der Waals surface area contributed by atoms with E-state index in [1.165, 1.54) is 25.1 Å². The van der Waals surface area contributed by atoms with Crippen molar-refractivity contribution < 1.29 is 18.7 Å². The minimum Gasteiger partial charge on any atom is -0.497 e. The summed E-state index contributed by atoms with van der Waals surface area (Å²) in [6.45, 7) is 1.50. The lowest BCUT2D eigenvalue weighted by atomic mass is 10.3. The lowest BCUT2D eigenvalue weighted by molar-refractivity contribution is -0.127. The Balaban J connectivity index is 1.82. The van der Waals surface area contributed by atoms with Crippen LogP contribution in [0.15, 0.2) is 48.5 Å². The van der Waals surface area contributed by atoms with Crippen molar-refractivity contribution in [1.82, 2.24) is 10.9 Å². The molecule has 0 saturated carbocycles. The van der Waals surface area contributed by atoms with Gasteiger partial charge in [0.2, 0.25) is 0 Å². The Morgan fingerprint density at radius 1 is 1.16 bits per heavy atom. The number of anilines is 1. The first-order valence-corrected chi connectivity index (χ1v) is 7.82. The molecule has 3 N–H and O–H groups in total. The number of halogens is 1. The average molecular weight is 363 g/mol.